The minimum Gasteiger partial charge on any atom is -0.316 e. The molecule has 2 saturated carbocycles. The molecule has 170 valence electrons. The Morgan fingerprint density at radius 2 is 1.66 bits per heavy atom. The summed E-state index contributed by atoms with van der Waals surface area (Å²) >= 11 is 0. The van der Waals surface area contributed by atoms with Gasteiger partial charge in [-0.25, -0.2) is 0 Å². The monoisotopic (exact) mass is 418 g/mol. The van der Waals surface area contributed by atoms with E-state index in [9.17, 15) is 13.2 Å². The fourth-order valence-corrected chi connectivity index (χ4v) is 5.89. The van der Waals surface area contributed by atoms with Crippen molar-refractivity contribution in [2.24, 2.45) is 22.7 Å². The molecular weight excluding hydrogens is 377 g/mol. The molecule has 0 radical (unpaired) electrons. The highest BCUT2D eigenvalue weighted by Crippen LogP contribution is 2.51. The van der Waals surface area contributed by atoms with E-state index in [2.05, 4.69) is 36.1 Å². The van der Waals surface area contributed by atoms with Crippen LogP contribution in [-0.4, -0.2) is 38.1 Å². The molecule has 2 aliphatic heterocycles. The van der Waals surface area contributed by atoms with E-state index in [0.29, 0.717) is 24.4 Å². The highest BCUT2D eigenvalue weighted by atomic mass is 19.4. The van der Waals surface area contributed by atoms with Gasteiger partial charge in [0.05, 0.1) is 6.10 Å². The van der Waals surface area contributed by atoms with E-state index in [-0.39, 0.29) is 11.3 Å². The molecule has 2 aliphatic carbocycles. The average molecular weight is 419 g/mol. The number of rotatable bonds is 1. The number of hydrogen-bond acceptors (Lipinski definition) is 3. The van der Waals surface area contributed by atoms with Crippen LogP contribution in [0.15, 0.2) is 0 Å². The van der Waals surface area contributed by atoms with Crippen LogP contribution in [0.2, 0.25) is 0 Å². The van der Waals surface area contributed by atoms with Crippen molar-refractivity contribution in [1.82, 2.24) is 10.6 Å². The molecule has 2 N–H and O–H groups in total. The molecule has 3 unspecified atom stereocenters. The molecule has 4 bridgehead atoms. The topological polar surface area (TPSA) is 33.3 Å². The Balaban J connectivity index is 1.68. The van der Waals surface area contributed by atoms with Crippen molar-refractivity contribution >= 4 is 0 Å². The average Bonchev–Trinajstić information content (AvgIpc) is 2.63. The summed E-state index contributed by atoms with van der Waals surface area (Å²) in [6.07, 6.45) is 5.64. The number of ether oxygens (including phenoxy) is 1. The van der Waals surface area contributed by atoms with Gasteiger partial charge in [0.2, 0.25) is 0 Å². The Kier molecular flexibility index (Phi) is 7.59. The van der Waals surface area contributed by atoms with Crippen LogP contribution >= 0.6 is 0 Å². The summed E-state index contributed by atoms with van der Waals surface area (Å²) < 4.78 is 43.3. The lowest BCUT2D eigenvalue weighted by Crippen LogP contribution is -2.49. The van der Waals surface area contributed by atoms with Gasteiger partial charge in [0.25, 0.3) is 0 Å². The third-order valence-electron chi connectivity index (χ3n) is 8.49. The van der Waals surface area contributed by atoms with Gasteiger partial charge in [0.15, 0.2) is 0 Å². The van der Waals surface area contributed by atoms with Gasteiger partial charge in [-0.15, -0.1) is 13.2 Å². The first kappa shape index (κ1) is 23.3. The van der Waals surface area contributed by atoms with Crippen LogP contribution in [-0.2, 0) is 4.74 Å². The van der Waals surface area contributed by atoms with Crippen molar-refractivity contribution in [2.45, 2.75) is 103 Å². The first-order valence-electron chi connectivity index (χ1n) is 11.8. The maximum atomic E-state index is 12.9. The van der Waals surface area contributed by atoms with Crippen molar-refractivity contribution in [3.8, 4) is 0 Å². The Labute approximate surface area is 174 Å². The molecule has 0 aromatic carbocycles. The summed E-state index contributed by atoms with van der Waals surface area (Å²) in [6.45, 7) is 9.51. The van der Waals surface area contributed by atoms with Gasteiger partial charge in [-0.3, -0.25) is 4.74 Å². The lowest BCUT2D eigenvalue weighted by atomic mass is 9.58. The van der Waals surface area contributed by atoms with Gasteiger partial charge in [-0.1, -0.05) is 33.6 Å². The van der Waals surface area contributed by atoms with Crippen molar-refractivity contribution in [1.29, 1.82) is 0 Å². The Morgan fingerprint density at radius 3 is 2.34 bits per heavy atom. The molecule has 4 aliphatic rings. The third kappa shape index (κ3) is 6.33. The number of nitrogens with one attached hydrogen (secondary N) is 2. The Morgan fingerprint density at radius 1 is 0.931 bits per heavy atom. The van der Waals surface area contributed by atoms with Crippen LogP contribution < -0.4 is 10.6 Å². The van der Waals surface area contributed by atoms with E-state index in [4.69, 9.17) is 0 Å². The van der Waals surface area contributed by atoms with Gasteiger partial charge in [0.1, 0.15) is 0 Å². The predicted molar refractivity (Wildman–Crippen MR) is 111 cm³/mol. The molecule has 0 spiro atoms. The second-order valence-electron chi connectivity index (χ2n) is 10.8. The van der Waals surface area contributed by atoms with E-state index in [1.807, 2.05) is 0 Å². The quantitative estimate of drug-likeness (QED) is 0.578. The van der Waals surface area contributed by atoms with Gasteiger partial charge in [-0.2, -0.15) is 0 Å². The normalized spacial score (nSPS) is 39.9. The first-order valence-corrected chi connectivity index (χ1v) is 11.8. The van der Waals surface area contributed by atoms with E-state index in [0.717, 1.165) is 31.8 Å². The molecule has 0 aromatic heterocycles. The molecule has 0 aromatic rings. The molecule has 0 amide bonds. The second-order valence-corrected chi connectivity index (χ2v) is 10.8. The molecule has 3 nitrogen and oxygen atoms in total. The Hall–Kier alpha value is -0.330. The summed E-state index contributed by atoms with van der Waals surface area (Å²) in [4.78, 5) is 0. The fourth-order valence-electron chi connectivity index (χ4n) is 5.89. The molecule has 29 heavy (non-hydrogen) atoms. The Bertz CT molecular complexity index is 515. The zero-order valence-corrected chi connectivity index (χ0v) is 18.5. The zero-order chi connectivity index (χ0) is 21.1. The number of halogens is 3. The van der Waals surface area contributed by atoms with Crippen LogP contribution in [0.3, 0.4) is 0 Å². The van der Waals surface area contributed by atoms with Crippen molar-refractivity contribution < 1.29 is 17.9 Å². The SMILES string of the molecule is CC1(C)CNCC2CC(CCC2OC(F)(F)F)NCCCCC2CCC1(C)CC2. The number of alkyl halides is 3. The summed E-state index contributed by atoms with van der Waals surface area (Å²) in [7, 11) is 0. The second kappa shape index (κ2) is 9.44. The van der Waals surface area contributed by atoms with E-state index in [1.54, 1.807) is 0 Å². The first-order chi connectivity index (χ1) is 13.6. The standard InChI is InChI=1S/C23H41F3N2O/c1-21(2)16-27-15-18-14-19(7-8-20(18)29-23(24,25)26)28-13-5-4-6-17-9-11-22(21,3)12-10-17/h17-20,27-28H,4-16H2,1-3H3. The number of hydrogen-bond donors (Lipinski definition) is 2. The van der Waals surface area contributed by atoms with Crippen LogP contribution in [0.4, 0.5) is 13.2 Å². The number of fused-ring (bicyclic) bond motifs is 9. The van der Waals surface area contributed by atoms with Crippen molar-refractivity contribution in [3.05, 3.63) is 0 Å². The fraction of sp³-hybridized carbons (Fsp3) is 1.00. The van der Waals surface area contributed by atoms with E-state index in [1.165, 1.54) is 44.9 Å². The summed E-state index contributed by atoms with van der Waals surface area (Å²) in [5, 5.41) is 7.18. The molecule has 4 fully saturated rings. The smallest absolute Gasteiger partial charge is 0.316 e. The van der Waals surface area contributed by atoms with Crippen LogP contribution in [0, 0.1) is 22.7 Å². The molecule has 6 heteroatoms. The minimum atomic E-state index is -4.55. The molecule has 3 atom stereocenters. The van der Waals surface area contributed by atoms with Crippen LogP contribution in [0.25, 0.3) is 0 Å². The lowest BCUT2D eigenvalue weighted by molar-refractivity contribution is -0.351. The maximum absolute atomic E-state index is 12.9. The third-order valence-corrected chi connectivity index (χ3v) is 8.49. The van der Waals surface area contributed by atoms with Gasteiger partial charge in [0, 0.05) is 19.1 Å². The van der Waals surface area contributed by atoms with Gasteiger partial charge < -0.3 is 10.6 Å². The molecule has 2 saturated heterocycles. The zero-order valence-electron chi connectivity index (χ0n) is 18.5. The van der Waals surface area contributed by atoms with E-state index >= 15 is 0 Å². The highest BCUT2D eigenvalue weighted by molar-refractivity contribution is 4.95. The summed E-state index contributed by atoms with van der Waals surface area (Å²) in [5.41, 5.74) is 0.424. The highest BCUT2D eigenvalue weighted by Gasteiger charge is 2.44. The molecule has 4 rings (SSSR count). The van der Waals surface area contributed by atoms with Crippen molar-refractivity contribution in [3.63, 3.8) is 0 Å². The van der Waals surface area contributed by atoms with Crippen LogP contribution in [0.1, 0.15) is 85.0 Å². The van der Waals surface area contributed by atoms with E-state index < -0.39 is 12.5 Å². The molecule has 2 heterocycles. The largest absolute Gasteiger partial charge is 0.522 e. The lowest BCUT2D eigenvalue weighted by Gasteiger charge is -2.49. The predicted octanol–water partition coefficient (Wildman–Crippen LogP) is 5.65. The van der Waals surface area contributed by atoms with Crippen LogP contribution in [0.5, 0.6) is 0 Å². The van der Waals surface area contributed by atoms with Gasteiger partial charge >= 0.3 is 6.36 Å². The summed E-state index contributed by atoms with van der Waals surface area (Å²) in [5.74, 6) is 0.772. The minimum absolute atomic E-state index is 0.102. The van der Waals surface area contributed by atoms with Gasteiger partial charge in [-0.05, 0) is 80.6 Å². The maximum Gasteiger partial charge on any atom is 0.522 e. The van der Waals surface area contributed by atoms with Crippen molar-refractivity contribution in [2.75, 3.05) is 19.6 Å². The summed E-state index contributed by atoms with van der Waals surface area (Å²) in [6, 6.07) is 0.310. The molecular formula is C23H41F3N2O.